The van der Waals surface area contributed by atoms with E-state index in [1.165, 1.54) is 0 Å². The van der Waals surface area contributed by atoms with Gasteiger partial charge in [0.1, 0.15) is 0 Å². The molecular formula is C16H22N2O2S. The molecule has 0 bridgehead atoms. The number of benzene rings is 1. The molecule has 3 N–H and O–H groups in total. The number of hydrogen-bond acceptors (Lipinski definition) is 3. The Kier molecular flexibility index (Phi) is 7.13. The van der Waals surface area contributed by atoms with Crippen LogP contribution >= 0.6 is 0 Å². The molecule has 0 aromatic heterocycles. The van der Waals surface area contributed by atoms with Crippen molar-refractivity contribution in [2.24, 2.45) is 5.73 Å². The van der Waals surface area contributed by atoms with E-state index in [4.69, 9.17) is 5.73 Å². The Labute approximate surface area is 129 Å². The Bertz CT molecular complexity index is 588. The van der Waals surface area contributed by atoms with E-state index in [1.54, 1.807) is 18.4 Å². The fourth-order valence-corrected chi connectivity index (χ4v) is 2.15. The first-order chi connectivity index (χ1) is 9.95. The molecule has 1 aromatic carbocycles. The van der Waals surface area contributed by atoms with Crippen LogP contribution in [0.1, 0.15) is 34.8 Å². The van der Waals surface area contributed by atoms with Gasteiger partial charge < -0.3 is 11.1 Å². The summed E-state index contributed by atoms with van der Waals surface area (Å²) in [6.45, 7) is 4.66. The molecule has 5 heteroatoms. The number of carbonyl (C=O) groups is 1. The molecule has 1 rings (SSSR count). The maximum atomic E-state index is 12.1. The molecule has 2 atom stereocenters. The van der Waals surface area contributed by atoms with Crippen molar-refractivity contribution in [2.45, 2.75) is 25.5 Å². The maximum Gasteiger partial charge on any atom is 0.251 e. The summed E-state index contributed by atoms with van der Waals surface area (Å²) < 4.78 is 11.2. The van der Waals surface area contributed by atoms with Crippen LogP contribution < -0.4 is 11.1 Å². The van der Waals surface area contributed by atoms with E-state index in [-0.39, 0.29) is 11.2 Å². The third kappa shape index (κ3) is 5.70. The molecule has 0 saturated carbocycles. The summed E-state index contributed by atoms with van der Waals surface area (Å²) >= 11 is 0. The van der Waals surface area contributed by atoms with E-state index < -0.39 is 10.8 Å². The van der Waals surface area contributed by atoms with Gasteiger partial charge in [-0.15, -0.1) is 0 Å². The van der Waals surface area contributed by atoms with Crippen molar-refractivity contribution in [3.63, 3.8) is 0 Å². The highest BCUT2D eigenvalue weighted by molar-refractivity contribution is 7.84. The standard InChI is InChI=1S/C16H22N2O2S/c1-12-6-7-15(11-14(12)5-4-9-17)16(19)18-10-8-13(2)21(3)20/h6-7,11,13H,8-10,17H2,1-3H3,(H,18,19). The average Bonchev–Trinajstić information content (AvgIpc) is 2.45. The van der Waals surface area contributed by atoms with Crippen LogP contribution in [0, 0.1) is 18.8 Å². The van der Waals surface area contributed by atoms with E-state index in [9.17, 15) is 9.00 Å². The summed E-state index contributed by atoms with van der Waals surface area (Å²) in [6.07, 6.45) is 2.37. The summed E-state index contributed by atoms with van der Waals surface area (Å²) in [7, 11) is -0.862. The summed E-state index contributed by atoms with van der Waals surface area (Å²) in [4.78, 5) is 12.1. The lowest BCUT2D eigenvalue weighted by atomic mass is 10.0. The van der Waals surface area contributed by atoms with E-state index in [2.05, 4.69) is 17.2 Å². The van der Waals surface area contributed by atoms with E-state index in [1.807, 2.05) is 19.9 Å². The largest absolute Gasteiger partial charge is 0.352 e. The fraction of sp³-hybridized carbons (Fsp3) is 0.438. The number of rotatable bonds is 5. The van der Waals surface area contributed by atoms with Crippen LogP contribution in [0.15, 0.2) is 18.2 Å². The van der Waals surface area contributed by atoms with Gasteiger partial charge in [0.2, 0.25) is 0 Å². The number of carbonyl (C=O) groups excluding carboxylic acids is 1. The van der Waals surface area contributed by atoms with Crippen molar-refractivity contribution in [3.8, 4) is 11.8 Å². The quantitative estimate of drug-likeness (QED) is 0.803. The van der Waals surface area contributed by atoms with Crippen LogP contribution in [0.3, 0.4) is 0 Å². The van der Waals surface area contributed by atoms with E-state index >= 15 is 0 Å². The van der Waals surface area contributed by atoms with Crippen LogP contribution in [0.2, 0.25) is 0 Å². The zero-order valence-electron chi connectivity index (χ0n) is 12.7. The molecule has 1 amide bonds. The molecule has 0 aliphatic carbocycles. The van der Waals surface area contributed by atoms with Gasteiger partial charge in [-0.1, -0.05) is 24.8 Å². The van der Waals surface area contributed by atoms with Crippen molar-refractivity contribution < 1.29 is 9.00 Å². The molecule has 21 heavy (non-hydrogen) atoms. The summed E-state index contributed by atoms with van der Waals surface area (Å²) in [5.74, 6) is 5.62. The Morgan fingerprint density at radius 3 is 2.81 bits per heavy atom. The van der Waals surface area contributed by atoms with Crippen LogP contribution in [-0.2, 0) is 10.8 Å². The van der Waals surface area contributed by atoms with Gasteiger partial charge in [-0.3, -0.25) is 9.00 Å². The molecule has 0 saturated heterocycles. The molecule has 2 unspecified atom stereocenters. The third-order valence-corrected chi connectivity index (χ3v) is 4.60. The summed E-state index contributed by atoms with van der Waals surface area (Å²) in [5.41, 5.74) is 7.77. The van der Waals surface area contributed by atoms with Gasteiger partial charge in [-0.05, 0) is 31.0 Å². The minimum atomic E-state index is -0.862. The van der Waals surface area contributed by atoms with Crippen LogP contribution in [0.5, 0.6) is 0 Å². The van der Waals surface area contributed by atoms with E-state index in [0.29, 0.717) is 25.1 Å². The lowest BCUT2D eigenvalue weighted by Gasteiger charge is -2.10. The summed E-state index contributed by atoms with van der Waals surface area (Å²) in [6, 6.07) is 5.42. The molecule has 0 heterocycles. The highest BCUT2D eigenvalue weighted by Gasteiger charge is 2.09. The average molecular weight is 306 g/mol. The lowest BCUT2D eigenvalue weighted by molar-refractivity contribution is 0.0953. The topological polar surface area (TPSA) is 72.2 Å². The Morgan fingerprint density at radius 1 is 1.48 bits per heavy atom. The maximum absolute atomic E-state index is 12.1. The fourth-order valence-electron chi connectivity index (χ4n) is 1.70. The minimum absolute atomic E-state index is 0.0781. The van der Waals surface area contributed by atoms with Crippen LogP contribution in [-0.4, -0.2) is 34.7 Å². The molecule has 4 nitrogen and oxygen atoms in total. The van der Waals surface area contributed by atoms with Crippen molar-refractivity contribution in [3.05, 3.63) is 34.9 Å². The van der Waals surface area contributed by atoms with Gasteiger partial charge in [0.05, 0.1) is 6.54 Å². The molecule has 0 aliphatic rings. The van der Waals surface area contributed by atoms with Gasteiger partial charge in [0.15, 0.2) is 0 Å². The first-order valence-electron chi connectivity index (χ1n) is 6.85. The first kappa shape index (κ1) is 17.4. The normalized spacial score (nSPS) is 13.0. The monoisotopic (exact) mass is 306 g/mol. The van der Waals surface area contributed by atoms with Gasteiger partial charge in [-0.25, -0.2) is 0 Å². The van der Waals surface area contributed by atoms with Gasteiger partial charge in [-0.2, -0.15) is 0 Å². The predicted molar refractivity (Wildman–Crippen MR) is 87.6 cm³/mol. The second-order valence-corrected chi connectivity index (χ2v) is 6.69. The van der Waals surface area contributed by atoms with Gasteiger partial charge in [0.25, 0.3) is 5.91 Å². The molecule has 0 fully saturated rings. The molecule has 0 radical (unpaired) electrons. The number of amides is 1. The third-order valence-electron chi connectivity index (χ3n) is 3.23. The zero-order valence-corrected chi connectivity index (χ0v) is 13.5. The molecule has 1 aromatic rings. The Hall–Kier alpha value is -1.64. The van der Waals surface area contributed by atoms with Crippen molar-refractivity contribution in [2.75, 3.05) is 19.3 Å². The number of nitrogens with one attached hydrogen (secondary N) is 1. The molecular weight excluding hydrogens is 284 g/mol. The van der Waals surface area contributed by atoms with Crippen molar-refractivity contribution in [1.29, 1.82) is 0 Å². The van der Waals surface area contributed by atoms with E-state index in [0.717, 1.165) is 11.1 Å². The molecule has 0 aliphatic heterocycles. The van der Waals surface area contributed by atoms with Gasteiger partial charge in [0, 0.05) is 40.0 Å². The van der Waals surface area contributed by atoms with Crippen LogP contribution in [0.4, 0.5) is 0 Å². The second-order valence-electron chi connectivity index (χ2n) is 4.89. The zero-order chi connectivity index (χ0) is 15.8. The van der Waals surface area contributed by atoms with Crippen LogP contribution in [0.25, 0.3) is 0 Å². The minimum Gasteiger partial charge on any atom is -0.352 e. The smallest absolute Gasteiger partial charge is 0.251 e. The molecule has 0 spiro atoms. The van der Waals surface area contributed by atoms with Crippen molar-refractivity contribution >= 4 is 16.7 Å². The number of hydrogen-bond donors (Lipinski definition) is 2. The number of nitrogens with two attached hydrogens (primary N) is 1. The summed E-state index contributed by atoms with van der Waals surface area (Å²) in [5, 5.41) is 2.92. The SMILES string of the molecule is Cc1ccc(C(=O)NCCC(C)S(C)=O)cc1C#CCN. The Balaban J connectivity index is 2.68. The predicted octanol–water partition coefficient (Wildman–Crippen LogP) is 1.19. The van der Waals surface area contributed by atoms with Crippen molar-refractivity contribution in [1.82, 2.24) is 5.32 Å². The highest BCUT2D eigenvalue weighted by atomic mass is 32.2. The van der Waals surface area contributed by atoms with Gasteiger partial charge >= 0.3 is 0 Å². The Morgan fingerprint density at radius 2 is 2.19 bits per heavy atom. The lowest BCUT2D eigenvalue weighted by Crippen LogP contribution is -2.27. The molecule has 114 valence electrons. The number of aryl methyl sites for hydroxylation is 1. The highest BCUT2D eigenvalue weighted by Crippen LogP contribution is 2.10. The first-order valence-corrected chi connectivity index (χ1v) is 8.47. The second kappa shape index (κ2) is 8.60.